The van der Waals surface area contributed by atoms with E-state index >= 15 is 0 Å². The molecule has 7 heteroatoms. The predicted molar refractivity (Wildman–Crippen MR) is 130 cm³/mol. The first kappa shape index (κ1) is 25.6. The Kier molecular flexibility index (Phi) is 11.9. The number of aromatic nitrogens is 4. The molecule has 0 amide bonds. The molecule has 0 atom stereocenters. The number of imidazole rings is 1. The molecular formula is C24H40ClN5O. The third-order valence-corrected chi connectivity index (χ3v) is 5.95. The van der Waals surface area contributed by atoms with Crippen molar-refractivity contribution in [2.45, 2.75) is 103 Å². The van der Waals surface area contributed by atoms with Crippen molar-refractivity contribution >= 4 is 34.4 Å². The molecule has 6 nitrogen and oxygen atoms in total. The molecule has 0 saturated heterocycles. The Morgan fingerprint density at radius 1 is 0.871 bits per heavy atom. The molecule has 2 aromatic rings. The number of ketones is 1. The van der Waals surface area contributed by atoms with Gasteiger partial charge in [-0.2, -0.15) is 9.97 Å². The average Bonchev–Trinajstić information content (AvgIpc) is 3.12. The molecular weight excluding hydrogens is 410 g/mol. The van der Waals surface area contributed by atoms with E-state index < -0.39 is 0 Å². The Bertz CT molecular complexity index is 790. The number of unbranched alkanes of at least 4 members (excludes halogenated alkanes) is 12. The van der Waals surface area contributed by atoms with E-state index in [0.717, 1.165) is 37.1 Å². The SMILES string of the molecule is CC(=O)CCCCCCCCCCCCCCCn1cnc2nc(Cl)nc(N(C)C)c21. The minimum atomic E-state index is 0.242. The van der Waals surface area contributed by atoms with Crippen LogP contribution in [0, 0.1) is 0 Å². The van der Waals surface area contributed by atoms with Crippen molar-refractivity contribution in [2.75, 3.05) is 19.0 Å². The van der Waals surface area contributed by atoms with Crippen LogP contribution < -0.4 is 4.90 Å². The van der Waals surface area contributed by atoms with Crippen molar-refractivity contribution in [3.05, 3.63) is 11.6 Å². The van der Waals surface area contributed by atoms with E-state index in [1.807, 2.05) is 25.3 Å². The van der Waals surface area contributed by atoms with Gasteiger partial charge >= 0.3 is 0 Å². The minimum Gasteiger partial charge on any atom is -0.361 e. The van der Waals surface area contributed by atoms with Crippen LogP contribution in [0.2, 0.25) is 5.28 Å². The molecule has 0 N–H and O–H groups in total. The number of halogens is 1. The van der Waals surface area contributed by atoms with Crippen molar-refractivity contribution in [1.82, 2.24) is 19.5 Å². The maximum absolute atomic E-state index is 10.9. The third kappa shape index (κ3) is 9.55. The van der Waals surface area contributed by atoms with Crippen LogP contribution in [0.25, 0.3) is 11.2 Å². The van der Waals surface area contributed by atoms with Crippen molar-refractivity contribution in [3.8, 4) is 0 Å². The quantitative estimate of drug-likeness (QED) is 0.201. The topological polar surface area (TPSA) is 63.9 Å². The van der Waals surface area contributed by atoms with Crippen molar-refractivity contribution < 1.29 is 4.79 Å². The highest BCUT2D eigenvalue weighted by Gasteiger charge is 2.14. The van der Waals surface area contributed by atoms with Gasteiger partial charge in [0, 0.05) is 27.1 Å². The molecule has 31 heavy (non-hydrogen) atoms. The molecule has 0 radical (unpaired) electrons. The number of aryl methyl sites for hydroxylation is 1. The van der Waals surface area contributed by atoms with E-state index in [0.29, 0.717) is 11.4 Å². The lowest BCUT2D eigenvalue weighted by molar-refractivity contribution is -0.117. The summed E-state index contributed by atoms with van der Waals surface area (Å²) >= 11 is 6.02. The second-order valence-corrected chi connectivity index (χ2v) is 9.21. The summed E-state index contributed by atoms with van der Waals surface area (Å²) in [5, 5.41) is 0.242. The van der Waals surface area contributed by atoms with Gasteiger partial charge in [0.2, 0.25) is 5.28 Å². The fourth-order valence-corrected chi connectivity index (χ4v) is 4.18. The van der Waals surface area contributed by atoms with Gasteiger partial charge in [-0.15, -0.1) is 0 Å². The van der Waals surface area contributed by atoms with Gasteiger partial charge in [-0.05, 0) is 31.4 Å². The molecule has 174 valence electrons. The van der Waals surface area contributed by atoms with Crippen molar-refractivity contribution in [2.24, 2.45) is 0 Å². The first-order chi connectivity index (χ1) is 15.0. The number of nitrogens with zero attached hydrogens (tertiary/aromatic N) is 5. The normalized spacial score (nSPS) is 11.4. The van der Waals surface area contributed by atoms with Crippen LogP contribution in [0.3, 0.4) is 0 Å². The van der Waals surface area contributed by atoms with Gasteiger partial charge in [-0.25, -0.2) is 4.98 Å². The number of fused-ring (bicyclic) bond motifs is 1. The van der Waals surface area contributed by atoms with Gasteiger partial charge in [0.05, 0.1) is 6.33 Å². The van der Waals surface area contributed by atoms with Crippen LogP contribution in [0.1, 0.15) is 96.8 Å². The standard InChI is InChI=1S/C24H40ClN5O/c1-20(31)17-15-13-11-9-7-5-4-6-8-10-12-14-16-18-30-19-26-22-21(30)23(29(2)3)28-24(25)27-22/h19H,4-18H2,1-3H3. The van der Waals surface area contributed by atoms with E-state index in [9.17, 15) is 4.79 Å². The summed E-state index contributed by atoms with van der Waals surface area (Å²) in [5.74, 6) is 1.15. The van der Waals surface area contributed by atoms with E-state index in [1.54, 1.807) is 6.92 Å². The largest absolute Gasteiger partial charge is 0.361 e. The van der Waals surface area contributed by atoms with Crippen LogP contribution in [-0.4, -0.2) is 39.4 Å². The highest BCUT2D eigenvalue weighted by Crippen LogP contribution is 2.24. The fraction of sp³-hybridized carbons (Fsp3) is 0.750. The Morgan fingerprint density at radius 3 is 1.90 bits per heavy atom. The molecule has 0 saturated carbocycles. The van der Waals surface area contributed by atoms with E-state index in [4.69, 9.17) is 11.6 Å². The molecule has 0 bridgehead atoms. The van der Waals surface area contributed by atoms with Crippen LogP contribution in [0.15, 0.2) is 6.33 Å². The highest BCUT2D eigenvalue weighted by molar-refractivity contribution is 6.28. The summed E-state index contributed by atoms with van der Waals surface area (Å²) in [6.07, 6.45) is 19.3. The average molecular weight is 450 g/mol. The Labute approximate surface area is 192 Å². The number of rotatable bonds is 17. The molecule has 0 aliphatic heterocycles. The Hall–Kier alpha value is -1.69. The summed E-state index contributed by atoms with van der Waals surface area (Å²) < 4.78 is 2.15. The maximum Gasteiger partial charge on any atom is 0.226 e. The van der Waals surface area contributed by atoms with Crippen molar-refractivity contribution in [3.63, 3.8) is 0 Å². The lowest BCUT2D eigenvalue weighted by atomic mass is 10.0. The van der Waals surface area contributed by atoms with Crippen LogP contribution in [0.4, 0.5) is 5.82 Å². The Morgan fingerprint density at radius 2 is 1.39 bits per heavy atom. The smallest absolute Gasteiger partial charge is 0.226 e. The van der Waals surface area contributed by atoms with Gasteiger partial charge in [0.25, 0.3) is 0 Å². The maximum atomic E-state index is 10.9. The Balaban J connectivity index is 1.50. The first-order valence-electron chi connectivity index (χ1n) is 12.0. The summed E-state index contributed by atoms with van der Waals surface area (Å²) in [4.78, 5) is 25.9. The molecule has 2 heterocycles. The minimum absolute atomic E-state index is 0.242. The predicted octanol–water partition coefficient (Wildman–Crippen LogP) is 6.60. The van der Waals surface area contributed by atoms with Crippen LogP contribution in [0.5, 0.6) is 0 Å². The first-order valence-corrected chi connectivity index (χ1v) is 12.4. The number of carbonyl (C=O) groups is 1. The monoisotopic (exact) mass is 449 g/mol. The zero-order valence-electron chi connectivity index (χ0n) is 19.7. The lowest BCUT2D eigenvalue weighted by Crippen LogP contribution is -2.13. The van der Waals surface area contributed by atoms with Gasteiger partial charge in [-0.3, -0.25) is 0 Å². The molecule has 0 unspecified atom stereocenters. The zero-order chi connectivity index (χ0) is 22.5. The summed E-state index contributed by atoms with van der Waals surface area (Å²) in [5.41, 5.74) is 1.63. The molecule has 0 spiro atoms. The van der Waals surface area contributed by atoms with E-state index in [1.165, 1.54) is 70.6 Å². The number of hydrogen-bond donors (Lipinski definition) is 0. The number of Topliss-reactive ketones (excluding diaryl/α,β-unsaturated/α-hetero) is 1. The van der Waals surface area contributed by atoms with Crippen LogP contribution in [-0.2, 0) is 11.3 Å². The molecule has 0 aliphatic carbocycles. The summed E-state index contributed by atoms with van der Waals surface area (Å²) in [6.45, 7) is 2.63. The highest BCUT2D eigenvalue weighted by atomic mass is 35.5. The fourth-order valence-electron chi connectivity index (χ4n) is 4.02. The van der Waals surface area contributed by atoms with Crippen LogP contribution >= 0.6 is 11.6 Å². The third-order valence-electron chi connectivity index (χ3n) is 5.78. The second kappa shape index (κ2) is 14.4. The van der Waals surface area contributed by atoms with E-state index in [-0.39, 0.29) is 5.28 Å². The number of hydrogen-bond acceptors (Lipinski definition) is 5. The molecule has 2 rings (SSSR count). The van der Waals surface area contributed by atoms with Gasteiger partial charge < -0.3 is 14.3 Å². The van der Waals surface area contributed by atoms with Gasteiger partial charge in [0.1, 0.15) is 11.3 Å². The molecule has 0 aromatic carbocycles. The van der Waals surface area contributed by atoms with Gasteiger partial charge in [0.15, 0.2) is 11.5 Å². The number of carbonyl (C=O) groups excluding carboxylic acids is 1. The zero-order valence-corrected chi connectivity index (χ0v) is 20.5. The second-order valence-electron chi connectivity index (χ2n) is 8.87. The molecule has 0 aliphatic rings. The number of anilines is 1. The van der Waals surface area contributed by atoms with E-state index in [2.05, 4.69) is 19.5 Å². The van der Waals surface area contributed by atoms with Crippen molar-refractivity contribution in [1.29, 1.82) is 0 Å². The van der Waals surface area contributed by atoms with Gasteiger partial charge in [-0.1, -0.05) is 70.6 Å². The molecule has 2 aromatic heterocycles. The summed E-state index contributed by atoms with van der Waals surface area (Å²) in [7, 11) is 3.93. The molecule has 0 fully saturated rings. The summed E-state index contributed by atoms with van der Waals surface area (Å²) in [6, 6.07) is 0. The lowest BCUT2D eigenvalue weighted by Gasteiger charge is -2.14.